The third kappa shape index (κ3) is 3.50. The number of hydrogen-bond donors (Lipinski definition) is 1. The van der Waals surface area contributed by atoms with Crippen LogP contribution in [0.15, 0.2) is 18.2 Å². The van der Waals surface area contributed by atoms with Crippen molar-refractivity contribution < 1.29 is 0 Å². The van der Waals surface area contributed by atoms with Crippen molar-refractivity contribution in [3.05, 3.63) is 44.4 Å². The van der Waals surface area contributed by atoms with Gasteiger partial charge in [0.25, 0.3) is 0 Å². The van der Waals surface area contributed by atoms with Gasteiger partial charge in [0.15, 0.2) is 0 Å². The number of rotatable bonds is 5. The standard InChI is InChI=1S/C14H17Cl2N3S/c1-8(2)13-14(20-19-18-13)12(17-3)7-9-6-10(15)4-5-11(9)16/h4-6,8,12,17H,7H2,1-3H3. The summed E-state index contributed by atoms with van der Waals surface area (Å²) in [5, 5.41) is 8.99. The second kappa shape index (κ2) is 6.85. The molecule has 0 aliphatic carbocycles. The van der Waals surface area contributed by atoms with E-state index >= 15 is 0 Å². The van der Waals surface area contributed by atoms with Gasteiger partial charge in [0.1, 0.15) is 0 Å². The Bertz CT molecular complexity index is 584. The van der Waals surface area contributed by atoms with Crippen molar-refractivity contribution in [1.82, 2.24) is 14.9 Å². The Labute approximate surface area is 133 Å². The molecule has 108 valence electrons. The number of benzene rings is 1. The summed E-state index contributed by atoms with van der Waals surface area (Å²) in [7, 11) is 1.94. The van der Waals surface area contributed by atoms with Crippen LogP contribution < -0.4 is 5.32 Å². The molecule has 0 fully saturated rings. The maximum atomic E-state index is 6.25. The van der Waals surface area contributed by atoms with Gasteiger partial charge in [-0.3, -0.25) is 0 Å². The molecule has 3 nitrogen and oxygen atoms in total. The zero-order valence-electron chi connectivity index (χ0n) is 11.7. The number of halogens is 2. The Hall–Kier alpha value is -0.680. The van der Waals surface area contributed by atoms with Gasteiger partial charge in [-0.25, -0.2) is 0 Å². The fraction of sp³-hybridized carbons (Fsp3) is 0.429. The Kier molecular flexibility index (Phi) is 5.38. The molecule has 0 amide bonds. The summed E-state index contributed by atoms with van der Waals surface area (Å²) in [4.78, 5) is 1.17. The first-order valence-electron chi connectivity index (χ1n) is 6.46. The molecule has 1 aromatic carbocycles. The highest BCUT2D eigenvalue weighted by atomic mass is 35.5. The van der Waals surface area contributed by atoms with Crippen LogP contribution in [0.3, 0.4) is 0 Å². The molecule has 1 heterocycles. The molecule has 2 rings (SSSR count). The highest BCUT2D eigenvalue weighted by Crippen LogP contribution is 2.31. The summed E-state index contributed by atoms with van der Waals surface area (Å²) in [6.45, 7) is 4.25. The van der Waals surface area contributed by atoms with Gasteiger partial charge in [0.05, 0.1) is 10.6 Å². The van der Waals surface area contributed by atoms with E-state index in [-0.39, 0.29) is 6.04 Å². The molecule has 1 atom stereocenters. The highest BCUT2D eigenvalue weighted by Gasteiger charge is 2.21. The molecule has 0 aliphatic rings. The molecular formula is C14H17Cl2N3S. The highest BCUT2D eigenvalue weighted by molar-refractivity contribution is 7.05. The molecule has 20 heavy (non-hydrogen) atoms. The predicted octanol–water partition coefficient (Wildman–Crippen LogP) is 4.47. The van der Waals surface area contributed by atoms with Gasteiger partial charge < -0.3 is 5.32 Å². The van der Waals surface area contributed by atoms with Crippen molar-refractivity contribution in [2.45, 2.75) is 32.2 Å². The second-order valence-electron chi connectivity index (χ2n) is 4.96. The van der Waals surface area contributed by atoms with Gasteiger partial charge in [-0.2, -0.15) is 0 Å². The van der Waals surface area contributed by atoms with Crippen molar-refractivity contribution in [2.24, 2.45) is 0 Å². The number of hydrogen-bond acceptors (Lipinski definition) is 4. The number of likely N-dealkylation sites (N-methyl/N-ethyl adjacent to an activating group) is 1. The van der Waals surface area contributed by atoms with Crippen molar-refractivity contribution in [2.75, 3.05) is 7.05 Å². The van der Waals surface area contributed by atoms with E-state index in [0.29, 0.717) is 10.9 Å². The molecule has 0 saturated heterocycles. The lowest BCUT2D eigenvalue weighted by molar-refractivity contribution is 0.589. The maximum absolute atomic E-state index is 6.25. The van der Waals surface area contributed by atoms with E-state index in [0.717, 1.165) is 22.7 Å². The van der Waals surface area contributed by atoms with E-state index < -0.39 is 0 Å². The van der Waals surface area contributed by atoms with Gasteiger partial charge in [0, 0.05) is 16.1 Å². The van der Waals surface area contributed by atoms with Crippen LogP contribution in [0.2, 0.25) is 10.0 Å². The SMILES string of the molecule is CNC(Cc1cc(Cl)ccc1Cl)c1snnc1C(C)C. The smallest absolute Gasteiger partial charge is 0.0829 e. The van der Waals surface area contributed by atoms with E-state index in [2.05, 4.69) is 28.8 Å². The first kappa shape index (κ1) is 15.7. The third-order valence-corrected chi connectivity index (χ3v) is 4.64. The van der Waals surface area contributed by atoms with E-state index in [9.17, 15) is 0 Å². The zero-order valence-corrected chi connectivity index (χ0v) is 14.0. The van der Waals surface area contributed by atoms with Gasteiger partial charge in [-0.1, -0.05) is 41.5 Å². The van der Waals surface area contributed by atoms with Crippen molar-refractivity contribution in [3.63, 3.8) is 0 Å². The molecule has 0 aliphatic heterocycles. The van der Waals surface area contributed by atoms with Crippen LogP contribution in [0, 0.1) is 0 Å². The molecule has 1 unspecified atom stereocenters. The van der Waals surface area contributed by atoms with E-state index in [1.807, 2.05) is 19.2 Å². The Morgan fingerprint density at radius 2 is 2.05 bits per heavy atom. The zero-order chi connectivity index (χ0) is 14.7. The van der Waals surface area contributed by atoms with E-state index in [4.69, 9.17) is 23.2 Å². The molecule has 2 aromatic rings. The summed E-state index contributed by atoms with van der Waals surface area (Å²) in [6.07, 6.45) is 0.763. The summed E-state index contributed by atoms with van der Waals surface area (Å²) >= 11 is 13.7. The average Bonchev–Trinajstić information content (AvgIpc) is 2.89. The van der Waals surface area contributed by atoms with Crippen molar-refractivity contribution >= 4 is 34.7 Å². The van der Waals surface area contributed by atoms with Crippen LogP contribution in [-0.4, -0.2) is 16.6 Å². The van der Waals surface area contributed by atoms with Crippen LogP contribution in [0.25, 0.3) is 0 Å². The predicted molar refractivity (Wildman–Crippen MR) is 86.0 cm³/mol. The first-order valence-corrected chi connectivity index (χ1v) is 7.99. The van der Waals surface area contributed by atoms with E-state index in [1.165, 1.54) is 16.4 Å². The third-order valence-electron chi connectivity index (χ3n) is 3.18. The number of nitrogens with zero attached hydrogens (tertiary/aromatic N) is 2. The molecule has 1 aromatic heterocycles. The van der Waals surface area contributed by atoms with E-state index in [1.54, 1.807) is 6.07 Å². The van der Waals surface area contributed by atoms with Gasteiger partial charge in [0.2, 0.25) is 0 Å². The summed E-state index contributed by atoms with van der Waals surface area (Å²) in [6, 6.07) is 5.69. The minimum absolute atomic E-state index is 0.142. The summed E-state index contributed by atoms with van der Waals surface area (Å²) < 4.78 is 4.09. The van der Waals surface area contributed by atoms with Gasteiger partial charge in [-0.15, -0.1) is 5.10 Å². The fourth-order valence-electron chi connectivity index (χ4n) is 2.09. The minimum atomic E-state index is 0.142. The molecule has 0 radical (unpaired) electrons. The second-order valence-corrected chi connectivity index (χ2v) is 6.59. The van der Waals surface area contributed by atoms with Crippen LogP contribution in [0.1, 0.15) is 41.9 Å². The fourth-order valence-corrected chi connectivity index (χ4v) is 3.40. The molecule has 0 spiro atoms. The lowest BCUT2D eigenvalue weighted by Gasteiger charge is -2.17. The van der Waals surface area contributed by atoms with Gasteiger partial charge >= 0.3 is 0 Å². The van der Waals surface area contributed by atoms with Crippen LogP contribution in [0.5, 0.6) is 0 Å². The van der Waals surface area contributed by atoms with Crippen LogP contribution in [-0.2, 0) is 6.42 Å². The topological polar surface area (TPSA) is 37.8 Å². The number of aromatic nitrogens is 2. The van der Waals surface area contributed by atoms with Crippen LogP contribution in [0.4, 0.5) is 0 Å². The summed E-state index contributed by atoms with van der Waals surface area (Å²) in [5.41, 5.74) is 2.08. The van der Waals surface area contributed by atoms with Crippen molar-refractivity contribution in [3.8, 4) is 0 Å². The number of nitrogens with one attached hydrogen (secondary N) is 1. The molecule has 0 saturated carbocycles. The molecule has 1 N–H and O–H groups in total. The first-order chi connectivity index (χ1) is 9.52. The Morgan fingerprint density at radius 1 is 1.30 bits per heavy atom. The van der Waals surface area contributed by atoms with Crippen molar-refractivity contribution in [1.29, 1.82) is 0 Å². The lowest BCUT2D eigenvalue weighted by atomic mass is 10.0. The lowest BCUT2D eigenvalue weighted by Crippen LogP contribution is -2.19. The minimum Gasteiger partial charge on any atom is -0.312 e. The molecule has 0 bridgehead atoms. The quantitative estimate of drug-likeness (QED) is 0.879. The van der Waals surface area contributed by atoms with Crippen LogP contribution >= 0.6 is 34.7 Å². The van der Waals surface area contributed by atoms with Gasteiger partial charge in [-0.05, 0) is 54.7 Å². The summed E-state index contributed by atoms with van der Waals surface area (Å²) in [5.74, 6) is 0.356. The molecule has 6 heteroatoms. The normalized spacial score (nSPS) is 12.9. The monoisotopic (exact) mass is 329 g/mol. The maximum Gasteiger partial charge on any atom is 0.0829 e. The average molecular weight is 330 g/mol. The Balaban J connectivity index is 2.29. The Morgan fingerprint density at radius 3 is 2.70 bits per heavy atom. The molecular weight excluding hydrogens is 313 g/mol. The largest absolute Gasteiger partial charge is 0.312 e.